The number of allylic oxidation sites excluding steroid dienone is 1. The van der Waals surface area contributed by atoms with Crippen molar-refractivity contribution in [2.75, 3.05) is 0 Å². The van der Waals surface area contributed by atoms with Crippen LogP contribution < -0.4 is 5.11 Å². The highest BCUT2D eigenvalue weighted by Gasteiger charge is 2.68. The Morgan fingerprint density at radius 1 is 0.667 bits per heavy atom. The normalized spacial score (nSPS) is 14.3. The van der Waals surface area contributed by atoms with Crippen LogP contribution in [-0.4, -0.2) is 30.7 Å². The molecule has 0 saturated heterocycles. The number of carboxylic acids is 1. The highest BCUT2D eigenvalue weighted by molar-refractivity contribution is 5.85. The lowest BCUT2D eigenvalue weighted by atomic mass is 9.82. The molecule has 0 rings (SSSR count). The minimum Gasteiger partial charge on any atom is -0.545 e. The van der Waals surface area contributed by atoms with Crippen molar-refractivity contribution in [3.8, 4) is 0 Å². The highest BCUT2D eigenvalue weighted by atomic mass is 19.4. The maximum Gasteiger partial charge on any atom is 0.404 e. The van der Waals surface area contributed by atoms with E-state index in [4.69, 9.17) is 0 Å². The van der Waals surface area contributed by atoms with E-state index in [1.807, 2.05) is 0 Å². The Morgan fingerprint density at radius 3 is 1.00 bits per heavy atom. The molecular formula is C10H5F12O2-. The lowest BCUT2D eigenvalue weighted by Crippen LogP contribution is -2.48. The van der Waals surface area contributed by atoms with Crippen molar-refractivity contribution in [3.05, 3.63) is 11.1 Å². The predicted octanol–water partition coefficient (Wildman–Crippen LogP) is 3.53. The van der Waals surface area contributed by atoms with Gasteiger partial charge in [0, 0.05) is 0 Å². The van der Waals surface area contributed by atoms with Gasteiger partial charge in [0.15, 0.2) is 11.8 Å². The second kappa shape index (κ2) is 6.35. The first-order valence-electron chi connectivity index (χ1n) is 5.41. The third-order valence-corrected chi connectivity index (χ3v) is 2.67. The molecule has 0 saturated carbocycles. The fourth-order valence-corrected chi connectivity index (χ4v) is 1.79. The summed E-state index contributed by atoms with van der Waals surface area (Å²) in [4.78, 5) is 10.4. The number of aliphatic carboxylic acids is 1. The van der Waals surface area contributed by atoms with E-state index in [2.05, 4.69) is 0 Å². The van der Waals surface area contributed by atoms with Crippen LogP contribution >= 0.6 is 0 Å². The van der Waals surface area contributed by atoms with Crippen molar-refractivity contribution in [1.29, 1.82) is 0 Å². The summed E-state index contributed by atoms with van der Waals surface area (Å²) in [6, 6.07) is 0. The maximum atomic E-state index is 12.5. The predicted molar refractivity (Wildman–Crippen MR) is 48.9 cm³/mol. The number of carbonyl (C=O) groups excluding carboxylic acids is 1. The number of alkyl halides is 12. The van der Waals surface area contributed by atoms with E-state index in [1.165, 1.54) is 0 Å². The first kappa shape index (κ1) is 22.4. The molecule has 24 heavy (non-hydrogen) atoms. The zero-order valence-corrected chi connectivity index (χ0v) is 11.0. The molecule has 0 atom stereocenters. The third-order valence-electron chi connectivity index (χ3n) is 2.67. The first-order valence-corrected chi connectivity index (χ1v) is 5.41. The molecule has 0 fully saturated rings. The highest BCUT2D eigenvalue weighted by Crippen LogP contribution is 2.54. The van der Waals surface area contributed by atoms with Gasteiger partial charge in [0.1, 0.15) is 0 Å². The molecule has 0 aromatic carbocycles. The third kappa shape index (κ3) is 5.19. The van der Waals surface area contributed by atoms with Crippen LogP contribution in [0, 0.1) is 11.8 Å². The zero-order chi connectivity index (χ0) is 19.9. The molecule has 0 bridgehead atoms. The molecule has 14 heteroatoms. The summed E-state index contributed by atoms with van der Waals surface area (Å²) < 4.78 is 150. The van der Waals surface area contributed by atoms with Crippen LogP contribution in [-0.2, 0) is 4.79 Å². The van der Waals surface area contributed by atoms with Crippen LogP contribution in [0.25, 0.3) is 0 Å². The van der Waals surface area contributed by atoms with Gasteiger partial charge in [-0.2, -0.15) is 52.7 Å². The molecule has 0 aromatic rings. The van der Waals surface area contributed by atoms with Crippen molar-refractivity contribution >= 4 is 5.97 Å². The second-order valence-electron chi connectivity index (χ2n) is 4.40. The average Bonchev–Trinajstić information content (AvgIpc) is 2.18. The van der Waals surface area contributed by atoms with Gasteiger partial charge in [0.2, 0.25) is 0 Å². The van der Waals surface area contributed by atoms with Gasteiger partial charge >= 0.3 is 24.7 Å². The van der Waals surface area contributed by atoms with Gasteiger partial charge < -0.3 is 9.90 Å². The maximum absolute atomic E-state index is 12.5. The number of hydrogen-bond donors (Lipinski definition) is 0. The van der Waals surface area contributed by atoms with Crippen LogP contribution in [0.5, 0.6) is 0 Å². The summed E-state index contributed by atoms with van der Waals surface area (Å²) in [7, 11) is 0. The van der Waals surface area contributed by atoms with Gasteiger partial charge in [-0.05, 0) is 18.1 Å². The van der Waals surface area contributed by atoms with E-state index in [-0.39, 0.29) is 6.92 Å². The van der Waals surface area contributed by atoms with Gasteiger partial charge in [-0.15, -0.1) is 0 Å². The Bertz CT molecular complexity index is 442. The van der Waals surface area contributed by atoms with Crippen molar-refractivity contribution in [1.82, 2.24) is 0 Å². The summed E-state index contributed by atoms with van der Waals surface area (Å²) >= 11 is 0. The van der Waals surface area contributed by atoms with E-state index >= 15 is 0 Å². The summed E-state index contributed by atoms with van der Waals surface area (Å²) in [6.07, 6.45) is -26.7. The molecule has 142 valence electrons. The lowest BCUT2D eigenvalue weighted by Gasteiger charge is -2.34. The van der Waals surface area contributed by atoms with Crippen molar-refractivity contribution < 1.29 is 62.6 Å². The molecule has 0 spiro atoms. The van der Waals surface area contributed by atoms with E-state index in [0.29, 0.717) is 0 Å². The number of rotatable bonds is 3. The summed E-state index contributed by atoms with van der Waals surface area (Å²) in [5.41, 5.74) is -5.90. The van der Waals surface area contributed by atoms with Crippen LogP contribution in [0.15, 0.2) is 11.1 Å². The lowest BCUT2D eigenvalue weighted by molar-refractivity contribution is -0.305. The van der Waals surface area contributed by atoms with Crippen LogP contribution in [0.1, 0.15) is 6.92 Å². The van der Waals surface area contributed by atoms with Crippen LogP contribution in [0.3, 0.4) is 0 Å². The molecular weight excluding hydrogens is 380 g/mol. The minimum atomic E-state index is -6.67. The Balaban J connectivity index is 6.95. The van der Waals surface area contributed by atoms with Gasteiger partial charge in [-0.1, -0.05) is 0 Å². The van der Waals surface area contributed by atoms with E-state index < -0.39 is 53.7 Å². The van der Waals surface area contributed by atoms with Crippen molar-refractivity contribution in [2.45, 2.75) is 31.6 Å². The number of hydrogen-bond acceptors (Lipinski definition) is 2. The minimum absolute atomic E-state index is 0.264. The molecule has 0 unspecified atom stereocenters. The zero-order valence-electron chi connectivity index (χ0n) is 11.0. The molecule has 0 aliphatic heterocycles. The molecule has 0 amide bonds. The van der Waals surface area contributed by atoms with Gasteiger partial charge in [-0.25, -0.2) is 0 Å². The largest absolute Gasteiger partial charge is 0.545 e. The number of carbonyl (C=O) groups is 1. The summed E-state index contributed by atoms with van der Waals surface area (Å²) in [5.74, 6) is -13.6. The topological polar surface area (TPSA) is 40.1 Å². The van der Waals surface area contributed by atoms with E-state index in [1.54, 1.807) is 0 Å². The molecule has 2 nitrogen and oxygen atoms in total. The van der Waals surface area contributed by atoms with Crippen LogP contribution in [0.4, 0.5) is 52.7 Å². The summed E-state index contributed by atoms with van der Waals surface area (Å²) in [6.45, 7) is -0.264. The molecule has 0 aromatic heterocycles. The smallest absolute Gasteiger partial charge is 0.404 e. The number of carboxylic acid groups (broad SMARTS) is 1. The van der Waals surface area contributed by atoms with E-state index in [0.717, 1.165) is 0 Å². The molecule has 0 aliphatic rings. The van der Waals surface area contributed by atoms with Crippen molar-refractivity contribution in [3.63, 3.8) is 0 Å². The Kier molecular flexibility index (Phi) is 5.92. The second-order valence-corrected chi connectivity index (χ2v) is 4.40. The Labute approximate surface area is 124 Å². The van der Waals surface area contributed by atoms with Gasteiger partial charge in [0.25, 0.3) is 0 Å². The monoisotopic (exact) mass is 385 g/mol. The van der Waals surface area contributed by atoms with Crippen LogP contribution in [0.2, 0.25) is 0 Å². The fraction of sp³-hybridized carbons (Fsp3) is 0.700. The Morgan fingerprint density at radius 2 is 0.875 bits per heavy atom. The fourth-order valence-electron chi connectivity index (χ4n) is 1.79. The first-order chi connectivity index (χ1) is 10.2. The quantitative estimate of drug-likeness (QED) is 0.551. The van der Waals surface area contributed by atoms with E-state index in [9.17, 15) is 62.6 Å². The molecule has 0 aliphatic carbocycles. The van der Waals surface area contributed by atoms with Gasteiger partial charge in [0.05, 0.1) is 5.97 Å². The standard InChI is InChI=1S/C10H6F12O2/c1-2(6(23)24)3(4(7(11,12)13)8(14,15)16)5(9(17,18)19)10(20,21)22/h4-5H,1H3,(H,23,24)/p-1. The molecule has 0 N–H and O–H groups in total. The van der Waals surface area contributed by atoms with Crippen molar-refractivity contribution in [2.24, 2.45) is 11.8 Å². The number of halogens is 12. The molecule has 0 heterocycles. The summed E-state index contributed by atoms with van der Waals surface area (Å²) in [5, 5.41) is 10.4. The SMILES string of the molecule is CC(C(=O)[O-])=C(C(C(F)(F)F)C(F)(F)F)C(C(F)(F)F)C(F)(F)F. The van der Waals surface area contributed by atoms with Gasteiger partial charge in [-0.3, -0.25) is 0 Å². The average molecular weight is 385 g/mol. The Hall–Kier alpha value is -1.63. The molecule has 0 radical (unpaired) electrons.